The van der Waals surface area contributed by atoms with Crippen molar-refractivity contribution in [1.82, 2.24) is 10.2 Å². The molecule has 0 aliphatic carbocycles. The first-order valence-corrected chi connectivity index (χ1v) is 7.08. The van der Waals surface area contributed by atoms with E-state index in [0.717, 1.165) is 26.2 Å². The Morgan fingerprint density at radius 1 is 1.43 bits per heavy atom. The second kappa shape index (κ2) is 9.72. The molecule has 1 saturated heterocycles. The zero-order valence-electron chi connectivity index (χ0n) is 13.0. The van der Waals surface area contributed by atoms with Gasteiger partial charge in [-0.2, -0.15) is 0 Å². The van der Waals surface area contributed by atoms with Gasteiger partial charge in [-0.1, -0.05) is 18.2 Å². The molecule has 6 nitrogen and oxygen atoms in total. The van der Waals surface area contributed by atoms with E-state index < -0.39 is 4.92 Å². The Bertz CT molecular complexity index is 549. The van der Waals surface area contributed by atoms with Gasteiger partial charge < -0.3 is 10.4 Å². The molecule has 8 heteroatoms. The molecule has 1 heterocycles. The highest BCUT2D eigenvalue weighted by Crippen LogP contribution is 2.39. The van der Waals surface area contributed by atoms with Crippen molar-refractivity contribution in [2.24, 2.45) is 0 Å². The molecule has 130 valence electrons. The summed E-state index contributed by atoms with van der Waals surface area (Å²) in [6.07, 6.45) is 2.44. The highest BCUT2D eigenvalue weighted by atomic mass is 35.5. The summed E-state index contributed by atoms with van der Waals surface area (Å²) in [7, 11) is 0. The van der Waals surface area contributed by atoms with Crippen LogP contribution in [-0.2, 0) is 0 Å². The van der Waals surface area contributed by atoms with E-state index in [1.807, 2.05) is 0 Å². The van der Waals surface area contributed by atoms with Crippen molar-refractivity contribution in [3.63, 3.8) is 0 Å². The Hall–Kier alpha value is -1.34. The average Bonchev–Trinajstić information content (AvgIpc) is 2.46. The molecule has 1 aliphatic rings. The number of benzene rings is 1. The number of rotatable bonds is 5. The normalized spacial score (nSPS) is 15.9. The van der Waals surface area contributed by atoms with Crippen LogP contribution in [0.4, 0.5) is 5.69 Å². The Balaban J connectivity index is 0.00000242. The summed E-state index contributed by atoms with van der Waals surface area (Å²) in [5.74, 6) is -0.217. The lowest BCUT2D eigenvalue weighted by atomic mass is 9.97. The van der Waals surface area contributed by atoms with Crippen molar-refractivity contribution in [3.05, 3.63) is 46.0 Å². The van der Waals surface area contributed by atoms with Crippen LogP contribution in [0.2, 0.25) is 0 Å². The molecule has 0 aromatic heterocycles. The molecule has 1 aromatic carbocycles. The van der Waals surface area contributed by atoms with Gasteiger partial charge >= 0.3 is 5.69 Å². The van der Waals surface area contributed by atoms with Crippen molar-refractivity contribution >= 4 is 30.5 Å². The van der Waals surface area contributed by atoms with Gasteiger partial charge in [0.15, 0.2) is 5.75 Å². The molecular formula is C15H23Cl2N3O3. The molecule has 0 radical (unpaired) electrons. The van der Waals surface area contributed by atoms with Crippen molar-refractivity contribution in [1.29, 1.82) is 0 Å². The lowest BCUT2D eigenvalue weighted by Gasteiger charge is -2.35. The van der Waals surface area contributed by atoms with Crippen LogP contribution in [0.15, 0.2) is 24.8 Å². The predicted octanol–water partition coefficient (Wildman–Crippen LogP) is 2.97. The van der Waals surface area contributed by atoms with Crippen LogP contribution >= 0.6 is 24.8 Å². The molecule has 2 N–H and O–H groups in total. The molecule has 23 heavy (non-hydrogen) atoms. The maximum absolute atomic E-state index is 11.2. The SMILES string of the molecule is C=CC[C@H](c1ccc(C)c([N+](=O)[O-])c1O)N1CCNCC1.Cl.Cl. The van der Waals surface area contributed by atoms with Gasteiger partial charge in [-0.05, 0) is 13.3 Å². The Morgan fingerprint density at radius 3 is 2.57 bits per heavy atom. The Labute approximate surface area is 148 Å². The minimum absolute atomic E-state index is 0. The van der Waals surface area contributed by atoms with E-state index in [1.54, 1.807) is 25.1 Å². The zero-order chi connectivity index (χ0) is 15.4. The second-order valence-electron chi connectivity index (χ2n) is 5.25. The van der Waals surface area contributed by atoms with E-state index in [2.05, 4.69) is 16.8 Å². The maximum atomic E-state index is 11.2. The predicted molar refractivity (Wildman–Crippen MR) is 96.0 cm³/mol. The van der Waals surface area contributed by atoms with E-state index >= 15 is 0 Å². The molecule has 0 amide bonds. The Kier molecular flexibility index (Phi) is 9.16. The highest BCUT2D eigenvalue weighted by Gasteiger charge is 2.28. The summed E-state index contributed by atoms with van der Waals surface area (Å²) < 4.78 is 0. The number of nitrogens with one attached hydrogen (secondary N) is 1. The van der Waals surface area contributed by atoms with E-state index in [0.29, 0.717) is 17.5 Å². The number of piperazine rings is 1. The molecular weight excluding hydrogens is 341 g/mol. The smallest absolute Gasteiger partial charge is 0.313 e. The summed E-state index contributed by atoms with van der Waals surface area (Å²) in [5, 5.41) is 24.8. The quantitative estimate of drug-likeness (QED) is 0.477. The van der Waals surface area contributed by atoms with Crippen LogP contribution in [0.3, 0.4) is 0 Å². The fourth-order valence-electron chi connectivity index (χ4n) is 2.82. The number of hydrogen-bond acceptors (Lipinski definition) is 5. The van der Waals surface area contributed by atoms with Gasteiger partial charge in [-0.25, -0.2) is 0 Å². The molecule has 0 saturated carbocycles. The van der Waals surface area contributed by atoms with E-state index in [4.69, 9.17) is 0 Å². The van der Waals surface area contributed by atoms with Gasteiger partial charge in [0, 0.05) is 43.3 Å². The van der Waals surface area contributed by atoms with Gasteiger partial charge in [0.05, 0.1) is 4.92 Å². The first-order valence-electron chi connectivity index (χ1n) is 7.08. The number of hydrogen-bond donors (Lipinski definition) is 2. The second-order valence-corrected chi connectivity index (χ2v) is 5.25. The van der Waals surface area contributed by atoms with Crippen LogP contribution in [-0.4, -0.2) is 41.1 Å². The van der Waals surface area contributed by atoms with Crippen molar-refractivity contribution in [2.45, 2.75) is 19.4 Å². The number of aryl methyl sites for hydroxylation is 1. The van der Waals surface area contributed by atoms with E-state index in [9.17, 15) is 15.2 Å². The number of aromatic hydroxyl groups is 1. The van der Waals surface area contributed by atoms with Crippen molar-refractivity contribution in [2.75, 3.05) is 26.2 Å². The zero-order valence-corrected chi connectivity index (χ0v) is 14.7. The standard InChI is InChI=1S/C15H21N3O3.2ClH/c1-3-4-13(17-9-7-16-8-10-17)12-6-5-11(2)14(15(12)19)18(20)21;;/h3,5-6,13,16,19H,1,4,7-10H2,2H3;2*1H/t13-;;/m1../s1. The first kappa shape index (κ1) is 21.7. The molecule has 1 aromatic rings. The lowest BCUT2D eigenvalue weighted by Crippen LogP contribution is -2.45. The summed E-state index contributed by atoms with van der Waals surface area (Å²) in [5.41, 5.74) is 0.879. The molecule has 1 fully saturated rings. The van der Waals surface area contributed by atoms with Crippen molar-refractivity contribution in [3.8, 4) is 5.75 Å². The third kappa shape index (κ3) is 4.81. The largest absolute Gasteiger partial charge is 0.502 e. The fraction of sp³-hybridized carbons (Fsp3) is 0.467. The van der Waals surface area contributed by atoms with Crippen LogP contribution in [0.1, 0.15) is 23.6 Å². The molecule has 2 rings (SSSR count). The number of nitro groups is 1. The van der Waals surface area contributed by atoms with Gasteiger partial charge in [0.2, 0.25) is 0 Å². The molecule has 0 spiro atoms. The number of nitro benzene ring substituents is 1. The number of nitrogens with zero attached hydrogens (tertiary/aromatic N) is 2. The van der Waals surface area contributed by atoms with Crippen LogP contribution < -0.4 is 5.32 Å². The van der Waals surface area contributed by atoms with Gasteiger partial charge in [-0.15, -0.1) is 31.4 Å². The highest BCUT2D eigenvalue weighted by molar-refractivity contribution is 5.85. The first-order chi connectivity index (χ1) is 10.1. The molecule has 1 aliphatic heterocycles. The van der Waals surface area contributed by atoms with Gasteiger partial charge in [0.25, 0.3) is 0 Å². The minimum Gasteiger partial charge on any atom is -0.502 e. The van der Waals surface area contributed by atoms with Gasteiger partial charge in [0.1, 0.15) is 0 Å². The summed E-state index contributed by atoms with van der Waals surface area (Å²) in [6, 6.07) is 3.41. The number of halogens is 2. The summed E-state index contributed by atoms with van der Waals surface area (Å²) in [4.78, 5) is 12.9. The van der Waals surface area contributed by atoms with Gasteiger partial charge in [-0.3, -0.25) is 15.0 Å². The maximum Gasteiger partial charge on any atom is 0.313 e. The third-order valence-corrected chi connectivity index (χ3v) is 3.91. The third-order valence-electron chi connectivity index (χ3n) is 3.91. The molecule has 0 bridgehead atoms. The molecule has 0 unspecified atom stereocenters. The monoisotopic (exact) mass is 363 g/mol. The van der Waals surface area contributed by atoms with E-state index in [-0.39, 0.29) is 42.3 Å². The van der Waals surface area contributed by atoms with Crippen LogP contribution in [0.25, 0.3) is 0 Å². The number of phenols is 1. The average molecular weight is 364 g/mol. The summed E-state index contributed by atoms with van der Waals surface area (Å²) in [6.45, 7) is 8.85. The topological polar surface area (TPSA) is 78.6 Å². The fourth-order valence-corrected chi connectivity index (χ4v) is 2.82. The summed E-state index contributed by atoms with van der Waals surface area (Å²) >= 11 is 0. The molecule has 1 atom stereocenters. The van der Waals surface area contributed by atoms with Crippen molar-refractivity contribution < 1.29 is 10.0 Å². The van der Waals surface area contributed by atoms with Crippen LogP contribution in [0.5, 0.6) is 5.75 Å². The lowest BCUT2D eigenvalue weighted by molar-refractivity contribution is -0.386. The van der Waals surface area contributed by atoms with E-state index in [1.165, 1.54) is 0 Å². The Morgan fingerprint density at radius 2 is 2.04 bits per heavy atom. The number of phenolic OH excluding ortho intramolecular Hbond substituents is 1. The van der Waals surface area contributed by atoms with Crippen LogP contribution in [0, 0.1) is 17.0 Å². The minimum atomic E-state index is -0.517.